The number of urea groups is 1. The lowest BCUT2D eigenvalue weighted by molar-refractivity contribution is -0.144. The van der Waals surface area contributed by atoms with Gasteiger partial charge in [-0.15, -0.1) is 0 Å². The predicted molar refractivity (Wildman–Crippen MR) is 95.8 cm³/mol. The number of carbonyl (C=O) groups is 5. The summed E-state index contributed by atoms with van der Waals surface area (Å²) in [5.41, 5.74) is 1.11. The van der Waals surface area contributed by atoms with Gasteiger partial charge in [-0.3, -0.25) is 19.3 Å². The molecule has 2 aliphatic rings. The van der Waals surface area contributed by atoms with E-state index in [-0.39, 0.29) is 12.6 Å². The largest absolute Gasteiger partial charge is 0.465 e. The molecule has 148 valence electrons. The number of nitrogens with one attached hydrogen (secondary N) is 1. The van der Waals surface area contributed by atoms with Gasteiger partial charge < -0.3 is 10.1 Å². The van der Waals surface area contributed by atoms with Crippen molar-refractivity contribution in [2.45, 2.75) is 38.3 Å². The number of benzene rings is 1. The molecule has 28 heavy (non-hydrogen) atoms. The van der Waals surface area contributed by atoms with Crippen molar-refractivity contribution in [1.29, 1.82) is 0 Å². The van der Waals surface area contributed by atoms with Gasteiger partial charge in [0.05, 0.1) is 12.7 Å². The Morgan fingerprint density at radius 1 is 1.07 bits per heavy atom. The summed E-state index contributed by atoms with van der Waals surface area (Å²) < 4.78 is 4.61. The fourth-order valence-corrected chi connectivity index (χ4v) is 3.42. The lowest BCUT2D eigenvalue weighted by Gasteiger charge is -2.20. The molecule has 9 heteroatoms. The third-order valence-electron chi connectivity index (χ3n) is 4.94. The Hall–Kier alpha value is -3.23. The smallest absolute Gasteiger partial charge is 0.337 e. The van der Waals surface area contributed by atoms with Crippen LogP contribution >= 0.6 is 0 Å². The first-order chi connectivity index (χ1) is 13.4. The van der Waals surface area contributed by atoms with E-state index >= 15 is 0 Å². The van der Waals surface area contributed by atoms with Crippen LogP contribution in [0.1, 0.15) is 41.6 Å². The van der Waals surface area contributed by atoms with Gasteiger partial charge in [0.1, 0.15) is 6.54 Å². The van der Waals surface area contributed by atoms with Gasteiger partial charge in [-0.25, -0.2) is 14.5 Å². The molecule has 1 saturated carbocycles. The minimum atomic E-state index is -0.963. The molecule has 1 aliphatic carbocycles. The van der Waals surface area contributed by atoms with Crippen molar-refractivity contribution in [2.24, 2.45) is 0 Å². The molecule has 9 nitrogen and oxygen atoms in total. The van der Waals surface area contributed by atoms with Crippen LogP contribution in [0, 0.1) is 0 Å². The summed E-state index contributed by atoms with van der Waals surface area (Å²) in [4.78, 5) is 61.9. The first-order valence-corrected chi connectivity index (χ1v) is 9.05. The van der Waals surface area contributed by atoms with Crippen LogP contribution in [-0.4, -0.2) is 59.2 Å². The van der Waals surface area contributed by atoms with Crippen LogP contribution in [0.2, 0.25) is 0 Å². The molecule has 1 aromatic carbocycles. The van der Waals surface area contributed by atoms with Crippen molar-refractivity contribution in [2.75, 3.05) is 13.7 Å². The number of hydrogen-bond acceptors (Lipinski definition) is 6. The first-order valence-electron chi connectivity index (χ1n) is 9.05. The molecule has 1 aliphatic heterocycles. The molecule has 0 bridgehead atoms. The van der Waals surface area contributed by atoms with E-state index in [1.807, 2.05) is 0 Å². The summed E-state index contributed by atoms with van der Waals surface area (Å²) in [6.45, 7) is -0.357. The van der Waals surface area contributed by atoms with E-state index in [1.165, 1.54) is 7.11 Å². The zero-order valence-electron chi connectivity index (χ0n) is 15.5. The van der Waals surface area contributed by atoms with E-state index < -0.39 is 36.3 Å². The maximum absolute atomic E-state index is 12.4. The third-order valence-corrected chi connectivity index (χ3v) is 4.94. The molecule has 0 atom stereocenters. The van der Waals surface area contributed by atoms with E-state index in [4.69, 9.17) is 0 Å². The van der Waals surface area contributed by atoms with Crippen LogP contribution in [0.4, 0.5) is 4.79 Å². The van der Waals surface area contributed by atoms with Crippen LogP contribution in [-0.2, 0) is 25.7 Å². The van der Waals surface area contributed by atoms with Crippen LogP contribution in [0.3, 0.4) is 0 Å². The summed E-state index contributed by atoms with van der Waals surface area (Å²) in [5.74, 6) is -2.84. The van der Waals surface area contributed by atoms with Crippen molar-refractivity contribution >= 4 is 29.7 Å². The standard InChI is InChI=1S/C19H21N3O6/c1-28-18(26)13-8-6-12(7-9-13)10-20-15(23)11-21-16(24)17(25)22(19(21)27)14-4-2-3-5-14/h6-9,14H,2-5,10-11H2,1H3,(H,20,23). The average molecular weight is 387 g/mol. The van der Waals surface area contributed by atoms with E-state index in [0.717, 1.165) is 23.3 Å². The topological polar surface area (TPSA) is 113 Å². The number of ether oxygens (including phenoxy) is 1. The lowest BCUT2D eigenvalue weighted by Crippen LogP contribution is -2.43. The summed E-state index contributed by atoms with van der Waals surface area (Å²) in [7, 11) is 1.29. The highest BCUT2D eigenvalue weighted by atomic mass is 16.5. The second-order valence-electron chi connectivity index (χ2n) is 6.75. The molecule has 1 aromatic rings. The van der Waals surface area contributed by atoms with E-state index in [2.05, 4.69) is 10.1 Å². The Bertz CT molecular complexity index is 813. The highest BCUT2D eigenvalue weighted by Crippen LogP contribution is 2.27. The van der Waals surface area contributed by atoms with Crippen LogP contribution in [0.25, 0.3) is 0 Å². The van der Waals surface area contributed by atoms with Gasteiger partial charge in [-0.2, -0.15) is 0 Å². The maximum Gasteiger partial charge on any atom is 0.337 e. The van der Waals surface area contributed by atoms with Crippen LogP contribution in [0.5, 0.6) is 0 Å². The number of methoxy groups -OCH3 is 1. The number of imide groups is 2. The van der Waals surface area contributed by atoms with Gasteiger partial charge in [0.25, 0.3) is 0 Å². The fraction of sp³-hybridized carbons (Fsp3) is 0.421. The molecule has 0 spiro atoms. The highest BCUT2D eigenvalue weighted by Gasteiger charge is 2.48. The van der Waals surface area contributed by atoms with Crippen LogP contribution in [0.15, 0.2) is 24.3 Å². The summed E-state index contributed by atoms with van der Waals surface area (Å²) in [6, 6.07) is 5.47. The monoisotopic (exact) mass is 387 g/mol. The second-order valence-corrected chi connectivity index (χ2v) is 6.75. The Labute approximate surface area is 161 Å². The third kappa shape index (κ3) is 3.88. The van der Waals surface area contributed by atoms with Gasteiger partial charge in [0.15, 0.2) is 0 Å². The zero-order chi connectivity index (χ0) is 20.3. The average Bonchev–Trinajstić information content (AvgIpc) is 3.29. The Balaban J connectivity index is 1.55. The van der Waals surface area contributed by atoms with Crippen molar-refractivity contribution in [3.63, 3.8) is 0 Å². The molecule has 2 fully saturated rings. The van der Waals surface area contributed by atoms with Gasteiger partial charge in [-0.05, 0) is 30.5 Å². The molecule has 3 rings (SSSR count). The normalized spacial score (nSPS) is 17.4. The number of nitrogens with zero attached hydrogens (tertiary/aromatic N) is 2. The first kappa shape index (κ1) is 19.5. The van der Waals surface area contributed by atoms with Gasteiger partial charge in [0.2, 0.25) is 5.91 Å². The number of hydrogen-bond donors (Lipinski definition) is 1. The summed E-state index contributed by atoms with van der Waals surface area (Å²) in [6.07, 6.45) is 3.19. The summed E-state index contributed by atoms with van der Waals surface area (Å²) in [5, 5.41) is 2.60. The molecule has 1 heterocycles. The van der Waals surface area contributed by atoms with Crippen molar-refractivity contribution in [1.82, 2.24) is 15.1 Å². The second kappa shape index (κ2) is 8.20. The summed E-state index contributed by atoms with van der Waals surface area (Å²) >= 11 is 0. The number of carbonyl (C=O) groups excluding carboxylic acids is 5. The maximum atomic E-state index is 12.4. The molecular formula is C19H21N3O6. The molecule has 1 N–H and O–H groups in total. The number of amides is 5. The molecule has 1 saturated heterocycles. The Morgan fingerprint density at radius 3 is 2.32 bits per heavy atom. The minimum Gasteiger partial charge on any atom is -0.465 e. The number of rotatable bonds is 6. The fourth-order valence-electron chi connectivity index (χ4n) is 3.42. The van der Waals surface area contributed by atoms with E-state index in [9.17, 15) is 24.0 Å². The molecule has 5 amide bonds. The molecular weight excluding hydrogens is 366 g/mol. The molecule has 0 radical (unpaired) electrons. The minimum absolute atomic E-state index is 0.150. The van der Waals surface area contributed by atoms with Gasteiger partial charge >= 0.3 is 23.8 Å². The van der Waals surface area contributed by atoms with Crippen molar-refractivity contribution in [3.8, 4) is 0 Å². The highest BCUT2D eigenvalue weighted by molar-refractivity contribution is 6.45. The SMILES string of the molecule is COC(=O)c1ccc(CNC(=O)CN2C(=O)C(=O)N(C3CCCC3)C2=O)cc1. The van der Waals surface area contributed by atoms with Gasteiger partial charge in [-0.1, -0.05) is 25.0 Å². The van der Waals surface area contributed by atoms with Gasteiger partial charge in [0, 0.05) is 12.6 Å². The Morgan fingerprint density at radius 2 is 1.71 bits per heavy atom. The Kier molecular flexibility index (Phi) is 5.72. The predicted octanol–water partition coefficient (Wildman–Crippen LogP) is 0.823. The van der Waals surface area contributed by atoms with E-state index in [1.54, 1.807) is 24.3 Å². The number of esters is 1. The zero-order valence-corrected chi connectivity index (χ0v) is 15.5. The lowest BCUT2D eigenvalue weighted by atomic mass is 10.1. The quantitative estimate of drug-likeness (QED) is 0.439. The molecule has 0 unspecified atom stereocenters. The van der Waals surface area contributed by atoms with E-state index in [0.29, 0.717) is 23.3 Å². The van der Waals surface area contributed by atoms with Crippen molar-refractivity contribution < 1.29 is 28.7 Å². The van der Waals surface area contributed by atoms with Crippen molar-refractivity contribution in [3.05, 3.63) is 35.4 Å². The van der Waals surface area contributed by atoms with Crippen LogP contribution < -0.4 is 5.32 Å². The molecule has 0 aromatic heterocycles.